The normalized spacial score (nSPS) is 19.1. The first-order valence-corrected chi connectivity index (χ1v) is 5.54. The predicted molar refractivity (Wildman–Crippen MR) is 51.5 cm³/mol. The van der Waals surface area contributed by atoms with E-state index in [1.165, 1.54) is 12.8 Å². The van der Waals surface area contributed by atoms with E-state index in [4.69, 9.17) is 4.74 Å². The van der Waals surface area contributed by atoms with E-state index in [9.17, 15) is 0 Å². The van der Waals surface area contributed by atoms with Gasteiger partial charge in [-0.05, 0) is 12.8 Å². The van der Waals surface area contributed by atoms with Crippen molar-refractivity contribution in [2.24, 2.45) is 0 Å². The molecule has 2 rings (SSSR count). The fourth-order valence-electron chi connectivity index (χ4n) is 1.34. The molecule has 0 bridgehead atoms. The minimum Gasteiger partial charge on any atom is -0.381 e. The molecule has 72 valence electrons. The Balaban J connectivity index is 1.72. The third kappa shape index (κ3) is 2.70. The van der Waals surface area contributed by atoms with E-state index in [0.717, 1.165) is 29.9 Å². The smallest absolute Gasteiger partial charge is 0.0923 e. The Morgan fingerprint density at radius 1 is 1.54 bits per heavy atom. The molecule has 5 heteroatoms. The molecule has 0 atom stereocenters. The number of hydrogen-bond donors (Lipinski definition) is 1. The van der Waals surface area contributed by atoms with Gasteiger partial charge in [0.2, 0.25) is 0 Å². The lowest BCUT2D eigenvalue weighted by molar-refractivity contribution is 0.1000. The van der Waals surface area contributed by atoms with E-state index in [2.05, 4.69) is 15.4 Å². The molecule has 1 fully saturated rings. The highest BCUT2D eigenvalue weighted by molar-refractivity contribution is 7.99. The Morgan fingerprint density at radius 3 is 3.08 bits per heavy atom. The lowest BCUT2D eigenvalue weighted by Crippen LogP contribution is -2.17. The van der Waals surface area contributed by atoms with Crippen molar-refractivity contribution < 1.29 is 4.74 Å². The van der Waals surface area contributed by atoms with Crippen molar-refractivity contribution in [2.75, 3.05) is 13.2 Å². The number of aromatic amines is 1. The van der Waals surface area contributed by atoms with E-state index >= 15 is 0 Å². The Bertz CT molecular complexity index is 234. The highest BCUT2D eigenvalue weighted by Gasteiger charge is 2.14. The van der Waals surface area contributed by atoms with Crippen LogP contribution in [0.3, 0.4) is 0 Å². The largest absolute Gasteiger partial charge is 0.381 e. The summed E-state index contributed by atoms with van der Waals surface area (Å²) < 4.78 is 5.29. The molecule has 2 heterocycles. The summed E-state index contributed by atoms with van der Waals surface area (Å²) in [7, 11) is 0. The molecule has 0 radical (unpaired) electrons. The maximum absolute atomic E-state index is 5.29. The van der Waals surface area contributed by atoms with Crippen LogP contribution in [0.15, 0.2) is 6.20 Å². The number of nitrogens with zero attached hydrogens (tertiary/aromatic N) is 2. The maximum atomic E-state index is 5.29. The van der Waals surface area contributed by atoms with Crippen LogP contribution < -0.4 is 0 Å². The first kappa shape index (κ1) is 9.02. The van der Waals surface area contributed by atoms with Crippen LogP contribution in [0.1, 0.15) is 18.5 Å². The molecule has 1 aliphatic rings. The Hall–Kier alpha value is -0.550. The summed E-state index contributed by atoms with van der Waals surface area (Å²) in [5.74, 6) is 0.959. The van der Waals surface area contributed by atoms with Gasteiger partial charge in [-0.25, -0.2) is 0 Å². The average molecular weight is 199 g/mol. The summed E-state index contributed by atoms with van der Waals surface area (Å²) in [6.07, 6.45) is 4.12. The summed E-state index contributed by atoms with van der Waals surface area (Å²) in [4.78, 5) is 0. The summed E-state index contributed by atoms with van der Waals surface area (Å²) in [6.45, 7) is 1.83. The maximum Gasteiger partial charge on any atom is 0.0923 e. The van der Waals surface area contributed by atoms with Gasteiger partial charge in [0, 0.05) is 24.2 Å². The van der Waals surface area contributed by atoms with E-state index in [-0.39, 0.29) is 0 Å². The van der Waals surface area contributed by atoms with Crippen molar-refractivity contribution in [1.29, 1.82) is 0 Å². The van der Waals surface area contributed by atoms with Crippen LogP contribution >= 0.6 is 11.8 Å². The van der Waals surface area contributed by atoms with Gasteiger partial charge in [-0.1, -0.05) is 0 Å². The van der Waals surface area contributed by atoms with E-state index in [0.29, 0.717) is 0 Å². The highest BCUT2D eigenvalue weighted by atomic mass is 32.2. The third-order valence-corrected chi connectivity index (χ3v) is 3.51. The quantitative estimate of drug-likeness (QED) is 0.795. The van der Waals surface area contributed by atoms with E-state index in [1.54, 1.807) is 6.20 Å². The number of aromatic nitrogens is 3. The number of thioether (sulfide) groups is 1. The van der Waals surface area contributed by atoms with Crippen LogP contribution in [0.2, 0.25) is 0 Å². The van der Waals surface area contributed by atoms with Gasteiger partial charge in [-0.3, -0.25) is 0 Å². The SMILES string of the molecule is c1n[nH]nc1CSC1CCOCC1. The van der Waals surface area contributed by atoms with Crippen LogP contribution in [0, 0.1) is 0 Å². The van der Waals surface area contributed by atoms with Crippen molar-refractivity contribution in [3.63, 3.8) is 0 Å². The summed E-state index contributed by atoms with van der Waals surface area (Å²) in [5, 5.41) is 11.1. The van der Waals surface area contributed by atoms with E-state index in [1.807, 2.05) is 11.8 Å². The lowest BCUT2D eigenvalue weighted by Gasteiger charge is -2.20. The second-order valence-corrected chi connectivity index (χ2v) is 4.37. The van der Waals surface area contributed by atoms with Crippen LogP contribution in [0.25, 0.3) is 0 Å². The van der Waals surface area contributed by atoms with Crippen LogP contribution in [-0.4, -0.2) is 33.9 Å². The predicted octanol–water partition coefficient (Wildman–Crippen LogP) is 1.22. The fraction of sp³-hybridized carbons (Fsp3) is 0.750. The van der Waals surface area contributed by atoms with Crippen molar-refractivity contribution in [1.82, 2.24) is 15.4 Å². The van der Waals surface area contributed by atoms with Crippen molar-refractivity contribution >= 4 is 11.8 Å². The Morgan fingerprint density at radius 2 is 2.38 bits per heavy atom. The monoisotopic (exact) mass is 199 g/mol. The van der Waals surface area contributed by atoms with Gasteiger partial charge in [0.1, 0.15) is 0 Å². The molecule has 13 heavy (non-hydrogen) atoms. The molecule has 1 N–H and O–H groups in total. The Kier molecular flexibility index (Phi) is 3.21. The molecule has 1 aromatic heterocycles. The zero-order chi connectivity index (χ0) is 8.93. The highest BCUT2D eigenvalue weighted by Crippen LogP contribution is 2.24. The zero-order valence-electron chi connectivity index (χ0n) is 7.40. The summed E-state index contributed by atoms with van der Waals surface area (Å²) in [6, 6.07) is 0. The third-order valence-electron chi connectivity index (χ3n) is 2.10. The molecule has 0 aliphatic carbocycles. The first-order chi connectivity index (χ1) is 6.45. The number of hydrogen-bond acceptors (Lipinski definition) is 4. The molecule has 0 amide bonds. The van der Waals surface area contributed by atoms with Gasteiger partial charge < -0.3 is 4.74 Å². The van der Waals surface area contributed by atoms with Gasteiger partial charge in [0.15, 0.2) is 0 Å². The molecule has 0 saturated carbocycles. The topological polar surface area (TPSA) is 50.8 Å². The molecule has 1 aliphatic heterocycles. The van der Waals surface area contributed by atoms with E-state index < -0.39 is 0 Å². The molecule has 0 spiro atoms. The van der Waals surface area contributed by atoms with Crippen LogP contribution in [0.5, 0.6) is 0 Å². The molecule has 0 unspecified atom stereocenters. The minimum absolute atomic E-state index is 0.741. The Labute approximate surface area is 81.4 Å². The van der Waals surface area contributed by atoms with Gasteiger partial charge >= 0.3 is 0 Å². The number of rotatable bonds is 3. The molecule has 0 aromatic carbocycles. The molecule has 1 saturated heterocycles. The zero-order valence-corrected chi connectivity index (χ0v) is 8.22. The molecule has 1 aromatic rings. The molecular formula is C8H13N3OS. The first-order valence-electron chi connectivity index (χ1n) is 4.49. The van der Waals surface area contributed by atoms with Gasteiger partial charge in [-0.2, -0.15) is 27.2 Å². The average Bonchev–Trinajstić information content (AvgIpc) is 2.69. The van der Waals surface area contributed by atoms with Crippen LogP contribution in [0.4, 0.5) is 0 Å². The number of ether oxygens (including phenoxy) is 1. The second kappa shape index (κ2) is 4.62. The summed E-state index contributed by atoms with van der Waals surface area (Å²) in [5.41, 5.74) is 1.04. The lowest BCUT2D eigenvalue weighted by atomic mass is 10.2. The molecule has 4 nitrogen and oxygen atoms in total. The summed E-state index contributed by atoms with van der Waals surface area (Å²) >= 11 is 1.95. The van der Waals surface area contributed by atoms with Gasteiger partial charge in [-0.15, -0.1) is 0 Å². The minimum atomic E-state index is 0.741. The van der Waals surface area contributed by atoms with Crippen molar-refractivity contribution in [3.05, 3.63) is 11.9 Å². The standard InChI is InChI=1S/C8H13N3OS/c1-3-12-4-2-8(1)13-6-7-5-9-11-10-7/h5,8H,1-4,6H2,(H,9,10,11). The van der Waals surface area contributed by atoms with Gasteiger partial charge in [0.05, 0.1) is 11.9 Å². The van der Waals surface area contributed by atoms with Gasteiger partial charge in [0.25, 0.3) is 0 Å². The molecular weight excluding hydrogens is 186 g/mol. The van der Waals surface area contributed by atoms with Crippen LogP contribution in [-0.2, 0) is 10.5 Å². The number of nitrogens with one attached hydrogen (secondary N) is 1. The van der Waals surface area contributed by atoms with Crippen molar-refractivity contribution in [2.45, 2.75) is 23.8 Å². The fourth-order valence-corrected chi connectivity index (χ4v) is 2.41. The number of H-pyrrole nitrogens is 1. The second-order valence-electron chi connectivity index (χ2n) is 3.08. The van der Waals surface area contributed by atoms with Crippen molar-refractivity contribution in [3.8, 4) is 0 Å².